The molecular formula is C17H23N. The van der Waals surface area contributed by atoms with Crippen LogP contribution in [0.3, 0.4) is 0 Å². The van der Waals surface area contributed by atoms with Gasteiger partial charge in [-0.25, -0.2) is 0 Å². The fourth-order valence-corrected chi connectivity index (χ4v) is 2.24. The predicted octanol–water partition coefficient (Wildman–Crippen LogP) is 4.26. The van der Waals surface area contributed by atoms with Crippen molar-refractivity contribution in [1.82, 2.24) is 4.90 Å². The Bertz CT molecular complexity index is 475. The molecule has 0 aromatic heterocycles. The van der Waals surface area contributed by atoms with Gasteiger partial charge in [-0.15, -0.1) is 0 Å². The topological polar surface area (TPSA) is 3.24 Å². The molecule has 2 rings (SSSR count). The van der Waals surface area contributed by atoms with Gasteiger partial charge in [0.15, 0.2) is 0 Å². The van der Waals surface area contributed by atoms with Crippen molar-refractivity contribution in [3.05, 3.63) is 59.3 Å². The van der Waals surface area contributed by atoms with E-state index >= 15 is 0 Å². The van der Waals surface area contributed by atoms with Gasteiger partial charge in [-0.3, -0.25) is 0 Å². The maximum Gasteiger partial charge on any atom is 0.0427 e. The molecule has 1 aromatic rings. The van der Waals surface area contributed by atoms with Crippen LogP contribution in [0.15, 0.2) is 48.2 Å². The van der Waals surface area contributed by atoms with Crippen LogP contribution in [0.1, 0.15) is 38.8 Å². The number of rotatable bonds is 2. The summed E-state index contributed by atoms with van der Waals surface area (Å²) in [5.74, 6) is 0. The summed E-state index contributed by atoms with van der Waals surface area (Å²) in [7, 11) is 0. The van der Waals surface area contributed by atoms with Crippen molar-refractivity contribution in [3.63, 3.8) is 0 Å². The SMILES string of the molecule is CC1=CN(Cc2cccc(C(C)(C)C)c2)CC=C1. The molecule has 0 unspecified atom stereocenters. The summed E-state index contributed by atoms with van der Waals surface area (Å²) in [4.78, 5) is 2.36. The van der Waals surface area contributed by atoms with Gasteiger partial charge in [0.2, 0.25) is 0 Å². The Morgan fingerprint density at radius 1 is 1.22 bits per heavy atom. The van der Waals surface area contributed by atoms with Crippen LogP contribution in [0.5, 0.6) is 0 Å². The van der Waals surface area contributed by atoms with Gasteiger partial charge in [0, 0.05) is 19.3 Å². The van der Waals surface area contributed by atoms with E-state index in [1.54, 1.807) is 0 Å². The highest BCUT2D eigenvalue weighted by Crippen LogP contribution is 2.23. The van der Waals surface area contributed by atoms with Crippen LogP contribution in [-0.4, -0.2) is 11.4 Å². The first-order valence-electron chi connectivity index (χ1n) is 6.63. The first-order valence-corrected chi connectivity index (χ1v) is 6.63. The van der Waals surface area contributed by atoms with Gasteiger partial charge < -0.3 is 4.90 Å². The largest absolute Gasteiger partial charge is 0.369 e. The molecule has 0 saturated carbocycles. The molecule has 0 radical (unpaired) electrons. The lowest BCUT2D eigenvalue weighted by Crippen LogP contribution is -2.20. The van der Waals surface area contributed by atoms with E-state index in [9.17, 15) is 0 Å². The zero-order chi connectivity index (χ0) is 13.2. The maximum atomic E-state index is 2.36. The van der Waals surface area contributed by atoms with Crippen LogP contribution in [0.2, 0.25) is 0 Å². The van der Waals surface area contributed by atoms with Gasteiger partial charge in [0.1, 0.15) is 0 Å². The summed E-state index contributed by atoms with van der Waals surface area (Å²) in [6.07, 6.45) is 6.65. The van der Waals surface area contributed by atoms with Crippen LogP contribution in [-0.2, 0) is 12.0 Å². The molecule has 18 heavy (non-hydrogen) atoms. The molecule has 1 heteroatoms. The Morgan fingerprint density at radius 2 is 2.00 bits per heavy atom. The summed E-state index contributed by atoms with van der Waals surface area (Å²) in [5, 5.41) is 0. The molecule has 96 valence electrons. The minimum absolute atomic E-state index is 0.226. The molecule has 1 aliphatic rings. The Balaban J connectivity index is 2.13. The third-order valence-corrected chi connectivity index (χ3v) is 3.29. The van der Waals surface area contributed by atoms with Crippen LogP contribution in [0, 0.1) is 0 Å². The highest BCUT2D eigenvalue weighted by Gasteiger charge is 2.14. The lowest BCUT2D eigenvalue weighted by molar-refractivity contribution is 0.401. The molecule has 0 N–H and O–H groups in total. The second kappa shape index (κ2) is 5.01. The van der Waals surface area contributed by atoms with Crippen molar-refractivity contribution in [2.75, 3.05) is 6.54 Å². The molecular weight excluding hydrogens is 218 g/mol. The molecule has 1 aliphatic heterocycles. The van der Waals surface area contributed by atoms with Crippen molar-refractivity contribution in [2.24, 2.45) is 0 Å². The van der Waals surface area contributed by atoms with Gasteiger partial charge in [-0.05, 0) is 29.0 Å². The van der Waals surface area contributed by atoms with Crippen molar-refractivity contribution in [1.29, 1.82) is 0 Å². The fraction of sp³-hybridized carbons (Fsp3) is 0.412. The van der Waals surface area contributed by atoms with E-state index in [2.05, 4.69) is 75.2 Å². The van der Waals surface area contributed by atoms with Crippen LogP contribution in [0.4, 0.5) is 0 Å². The third-order valence-electron chi connectivity index (χ3n) is 3.29. The average molecular weight is 241 g/mol. The van der Waals surface area contributed by atoms with Gasteiger partial charge in [0.25, 0.3) is 0 Å². The number of allylic oxidation sites excluding steroid dienone is 2. The number of benzene rings is 1. The second-order valence-corrected chi connectivity index (χ2v) is 6.16. The van der Waals surface area contributed by atoms with Gasteiger partial charge in [0.05, 0.1) is 0 Å². The Morgan fingerprint density at radius 3 is 2.67 bits per heavy atom. The lowest BCUT2D eigenvalue weighted by atomic mass is 9.86. The molecule has 1 aromatic carbocycles. The van der Waals surface area contributed by atoms with E-state index in [-0.39, 0.29) is 5.41 Å². The van der Waals surface area contributed by atoms with Gasteiger partial charge in [-0.1, -0.05) is 57.2 Å². The quantitative estimate of drug-likeness (QED) is 0.748. The van der Waals surface area contributed by atoms with Crippen molar-refractivity contribution in [2.45, 2.75) is 39.7 Å². The molecule has 1 heterocycles. The van der Waals surface area contributed by atoms with Gasteiger partial charge in [-0.2, -0.15) is 0 Å². The van der Waals surface area contributed by atoms with E-state index in [0.29, 0.717) is 0 Å². The van der Waals surface area contributed by atoms with E-state index in [4.69, 9.17) is 0 Å². The smallest absolute Gasteiger partial charge is 0.0427 e. The monoisotopic (exact) mass is 241 g/mol. The second-order valence-electron chi connectivity index (χ2n) is 6.16. The van der Waals surface area contributed by atoms with E-state index < -0.39 is 0 Å². The zero-order valence-electron chi connectivity index (χ0n) is 11.9. The molecule has 0 fully saturated rings. The minimum Gasteiger partial charge on any atom is -0.369 e. The predicted molar refractivity (Wildman–Crippen MR) is 78.4 cm³/mol. The molecule has 1 nitrogen and oxygen atoms in total. The standard InChI is InChI=1S/C17H23N/c1-14-7-6-10-18(12-14)13-15-8-5-9-16(11-15)17(2,3)4/h5-9,11-12H,10,13H2,1-4H3. The van der Waals surface area contributed by atoms with Crippen LogP contribution >= 0.6 is 0 Å². The lowest BCUT2D eigenvalue weighted by Gasteiger charge is -2.24. The minimum atomic E-state index is 0.226. The third kappa shape index (κ3) is 3.25. The first-order chi connectivity index (χ1) is 8.45. The summed E-state index contributed by atoms with van der Waals surface area (Å²) in [6.45, 7) is 10.9. The fourth-order valence-electron chi connectivity index (χ4n) is 2.24. The van der Waals surface area contributed by atoms with E-state index in [0.717, 1.165) is 13.1 Å². The zero-order valence-corrected chi connectivity index (χ0v) is 11.9. The highest BCUT2D eigenvalue weighted by atomic mass is 15.1. The summed E-state index contributed by atoms with van der Waals surface area (Å²) < 4.78 is 0. The van der Waals surface area contributed by atoms with Crippen LogP contribution in [0.25, 0.3) is 0 Å². The number of hydrogen-bond donors (Lipinski definition) is 0. The van der Waals surface area contributed by atoms with Crippen molar-refractivity contribution < 1.29 is 0 Å². The summed E-state index contributed by atoms with van der Waals surface area (Å²) in [6, 6.07) is 8.95. The maximum absolute atomic E-state index is 2.36. The van der Waals surface area contributed by atoms with Crippen molar-refractivity contribution >= 4 is 0 Å². The molecule has 0 atom stereocenters. The molecule has 0 spiro atoms. The molecule has 0 bridgehead atoms. The molecule has 0 aliphatic carbocycles. The Hall–Kier alpha value is -1.50. The molecule has 0 amide bonds. The average Bonchev–Trinajstić information content (AvgIpc) is 2.28. The van der Waals surface area contributed by atoms with E-state index in [1.807, 2.05) is 0 Å². The Labute approximate surface area is 111 Å². The summed E-state index contributed by atoms with van der Waals surface area (Å²) in [5.41, 5.74) is 4.35. The Kier molecular flexibility index (Phi) is 3.60. The number of nitrogens with zero attached hydrogens (tertiary/aromatic N) is 1. The summed E-state index contributed by atoms with van der Waals surface area (Å²) >= 11 is 0. The van der Waals surface area contributed by atoms with E-state index in [1.165, 1.54) is 16.7 Å². The first kappa shape index (κ1) is 12.9. The van der Waals surface area contributed by atoms with Crippen LogP contribution < -0.4 is 0 Å². The van der Waals surface area contributed by atoms with Crippen molar-refractivity contribution in [3.8, 4) is 0 Å². The normalized spacial score (nSPS) is 15.8. The number of hydrogen-bond acceptors (Lipinski definition) is 1. The molecule has 0 saturated heterocycles. The highest BCUT2D eigenvalue weighted by molar-refractivity contribution is 5.29. The van der Waals surface area contributed by atoms with Gasteiger partial charge >= 0.3 is 0 Å².